The highest BCUT2D eigenvalue weighted by Gasteiger charge is 2.25. The monoisotopic (exact) mass is 427 g/mol. The van der Waals surface area contributed by atoms with Crippen molar-refractivity contribution in [3.63, 3.8) is 0 Å². The first-order valence-electron chi connectivity index (χ1n) is 11.5. The third-order valence-corrected chi connectivity index (χ3v) is 7.30. The van der Waals surface area contributed by atoms with E-state index in [4.69, 9.17) is 0 Å². The molecule has 0 amide bonds. The molecule has 0 radical (unpaired) electrons. The molecule has 5 heteroatoms. The largest absolute Gasteiger partial charge is 0.303 e. The smallest absolute Gasteiger partial charge is 0.123 e. The average molecular weight is 428 g/mol. The number of likely N-dealkylation sites (tertiary alicyclic amines) is 2. The van der Waals surface area contributed by atoms with Crippen molar-refractivity contribution in [2.24, 2.45) is 0 Å². The third kappa shape index (κ3) is 6.30. The normalized spacial score (nSPS) is 19.2. The standard InChI is InChI=1S/C25H34FN3S/c26-23-9-5-21(6-10-23)22-7-11-25(12-8-22)30-27-15-4-16-28-19-13-24(14-20-28)29-17-2-1-3-18-29/h5-12,24,27H,1-4,13-20H2. The van der Waals surface area contributed by atoms with Gasteiger partial charge in [-0.1, -0.05) is 30.7 Å². The first-order valence-corrected chi connectivity index (χ1v) is 12.3. The summed E-state index contributed by atoms with van der Waals surface area (Å²) in [6, 6.07) is 16.0. The molecule has 1 N–H and O–H groups in total. The minimum Gasteiger partial charge on any atom is -0.303 e. The molecule has 2 saturated heterocycles. The van der Waals surface area contributed by atoms with Crippen LogP contribution in [0.1, 0.15) is 38.5 Å². The Hall–Kier alpha value is -1.40. The van der Waals surface area contributed by atoms with Gasteiger partial charge in [0, 0.05) is 17.5 Å². The Balaban J connectivity index is 1.10. The Morgan fingerprint density at radius 3 is 2.13 bits per heavy atom. The summed E-state index contributed by atoms with van der Waals surface area (Å²) in [6.07, 6.45) is 8.12. The van der Waals surface area contributed by atoms with Crippen LogP contribution in [-0.4, -0.2) is 55.1 Å². The Kier molecular flexibility index (Phi) is 8.21. The molecule has 0 unspecified atom stereocenters. The van der Waals surface area contributed by atoms with Crippen molar-refractivity contribution in [2.75, 3.05) is 39.3 Å². The van der Waals surface area contributed by atoms with Crippen LogP contribution >= 0.6 is 11.9 Å². The topological polar surface area (TPSA) is 18.5 Å². The number of nitrogens with one attached hydrogen (secondary N) is 1. The summed E-state index contributed by atoms with van der Waals surface area (Å²) in [6.45, 7) is 7.41. The molecule has 0 saturated carbocycles. The summed E-state index contributed by atoms with van der Waals surface area (Å²) in [5.41, 5.74) is 2.16. The van der Waals surface area contributed by atoms with E-state index in [0.717, 1.165) is 23.7 Å². The van der Waals surface area contributed by atoms with Gasteiger partial charge in [-0.3, -0.25) is 4.72 Å². The van der Waals surface area contributed by atoms with Gasteiger partial charge in [0.05, 0.1) is 0 Å². The molecule has 2 heterocycles. The Morgan fingerprint density at radius 2 is 1.47 bits per heavy atom. The van der Waals surface area contributed by atoms with Crippen LogP contribution in [0.5, 0.6) is 0 Å². The van der Waals surface area contributed by atoms with Crippen molar-refractivity contribution in [2.45, 2.75) is 49.5 Å². The fraction of sp³-hybridized carbons (Fsp3) is 0.520. The van der Waals surface area contributed by atoms with Crippen LogP contribution < -0.4 is 4.72 Å². The maximum atomic E-state index is 13.1. The number of benzene rings is 2. The van der Waals surface area contributed by atoms with Gasteiger partial charge in [-0.25, -0.2) is 4.39 Å². The van der Waals surface area contributed by atoms with Crippen LogP contribution in [0.4, 0.5) is 4.39 Å². The number of hydrogen-bond acceptors (Lipinski definition) is 4. The molecule has 30 heavy (non-hydrogen) atoms. The molecule has 0 bridgehead atoms. The lowest BCUT2D eigenvalue weighted by Gasteiger charge is -2.40. The van der Waals surface area contributed by atoms with Gasteiger partial charge in [0.1, 0.15) is 5.82 Å². The highest BCUT2D eigenvalue weighted by Crippen LogP contribution is 2.24. The van der Waals surface area contributed by atoms with E-state index >= 15 is 0 Å². The van der Waals surface area contributed by atoms with Gasteiger partial charge >= 0.3 is 0 Å². The van der Waals surface area contributed by atoms with Gasteiger partial charge < -0.3 is 9.80 Å². The van der Waals surface area contributed by atoms with E-state index < -0.39 is 0 Å². The molecule has 3 nitrogen and oxygen atoms in total. The van der Waals surface area contributed by atoms with Crippen LogP contribution in [0.25, 0.3) is 11.1 Å². The quantitative estimate of drug-likeness (QED) is 0.447. The van der Waals surface area contributed by atoms with Gasteiger partial charge in [-0.05, 0) is 112 Å². The van der Waals surface area contributed by atoms with Crippen molar-refractivity contribution < 1.29 is 4.39 Å². The first kappa shape index (κ1) is 21.8. The SMILES string of the molecule is Fc1ccc(-c2ccc(SNCCCN3CCC(N4CCCCC4)CC3)cc2)cc1. The van der Waals surface area contributed by atoms with E-state index in [2.05, 4.69) is 38.8 Å². The molecule has 0 atom stereocenters. The van der Waals surface area contributed by atoms with E-state index in [1.165, 1.54) is 88.3 Å². The van der Waals surface area contributed by atoms with E-state index in [1.807, 2.05) is 12.1 Å². The maximum absolute atomic E-state index is 13.1. The molecular formula is C25H34FN3S. The second kappa shape index (κ2) is 11.3. The van der Waals surface area contributed by atoms with Crippen molar-refractivity contribution >= 4 is 11.9 Å². The lowest BCUT2D eigenvalue weighted by atomic mass is 10.00. The zero-order chi connectivity index (χ0) is 20.6. The summed E-state index contributed by atoms with van der Waals surface area (Å²) in [5.74, 6) is -0.193. The Morgan fingerprint density at radius 1 is 0.833 bits per heavy atom. The van der Waals surface area contributed by atoms with E-state index in [1.54, 1.807) is 11.9 Å². The molecule has 2 aromatic carbocycles. The summed E-state index contributed by atoms with van der Waals surface area (Å²) in [7, 11) is 0. The number of nitrogens with zero attached hydrogens (tertiary/aromatic N) is 2. The molecule has 0 spiro atoms. The molecule has 4 rings (SSSR count). The lowest BCUT2D eigenvalue weighted by Crippen LogP contribution is -2.46. The Labute approximate surface area is 185 Å². The number of hydrogen-bond donors (Lipinski definition) is 1. The molecular weight excluding hydrogens is 393 g/mol. The minimum absolute atomic E-state index is 0.193. The van der Waals surface area contributed by atoms with E-state index in [0.29, 0.717) is 0 Å². The van der Waals surface area contributed by atoms with Crippen LogP contribution in [0, 0.1) is 5.82 Å². The summed E-state index contributed by atoms with van der Waals surface area (Å²) < 4.78 is 16.6. The van der Waals surface area contributed by atoms with Crippen molar-refractivity contribution in [1.29, 1.82) is 0 Å². The maximum Gasteiger partial charge on any atom is 0.123 e. The second-order valence-corrected chi connectivity index (χ2v) is 9.51. The fourth-order valence-corrected chi connectivity index (χ4v) is 5.34. The van der Waals surface area contributed by atoms with Gasteiger partial charge in [0.15, 0.2) is 0 Å². The van der Waals surface area contributed by atoms with Crippen LogP contribution in [0.15, 0.2) is 53.4 Å². The number of rotatable bonds is 8. The molecule has 2 aliphatic rings. The highest BCUT2D eigenvalue weighted by atomic mass is 32.2. The van der Waals surface area contributed by atoms with Crippen LogP contribution in [-0.2, 0) is 0 Å². The Bertz CT molecular complexity index is 751. The lowest BCUT2D eigenvalue weighted by molar-refractivity contribution is 0.0923. The van der Waals surface area contributed by atoms with E-state index in [-0.39, 0.29) is 5.82 Å². The molecule has 162 valence electrons. The first-order chi connectivity index (χ1) is 14.8. The predicted octanol–water partition coefficient (Wildman–Crippen LogP) is 5.43. The third-order valence-electron chi connectivity index (χ3n) is 6.44. The van der Waals surface area contributed by atoms with Gasteiger partial charge in [0.2, 0.25) is 0 Å². The summed E-state index contributed by atoms with van der Waals surface area (Å²) >= 11 is 1.70. The van der Waals surface area contributed by atoms with Gasteiger partial charge in [-0.2, -0.15) is 0 Å². The fourth-order valence-electron chi connectivity index (χ4n) is 4.66. The van der Waals surface area contributed by atoms with Crippen molar-refractivity contribution in [3.05, 3.63) is 54.3 Å². The van der Waals surface area contributed by atoms with Gasteiger partial charge in [0.25, 0.3) is 0 Å². The molecule has 2 aromatic rings. The molecule has 2 fully saturated rings. The van der Waals surface area contributed by atoms with Crippen LogP contribution in [0.3, 0.4) is 0 Å². The minimum atomic E-state index is -0.193. The molecule has 0 aliphatic carbocycles. The number of piperidine rings is 2. The number of halogens is 1. The van der Waals surface area contributed by atoms with Gasteiger partial charge in [-0.15, -0.1) is 0 Å². The second-order valence-electron chi connectivity index (χ2n) is 8.55. The molecule has 0 aromatic heterocycles. The van der Waals surface area contributed by atoms with Crippen molar-refractivity contribution in [3.8, 4) is 11.1 Å². The predicted molar refractivity (Wildman–Crippen MR) is 125 cm³/mol. The molecule has 2 aliphatic heterocycles. The van der Waals surface area contributed by atoms with Crippen molar-refractivity contribution in [1.82, 2.24) is 14.5 Å². The highest BCUT2D eigenvalue weighted by molar-refractivity contribution is 7.97. The van der Waals surface area contributed by atoms with E-state index in [9.17, 15) is 4.39 Å². The average Bonchev–Trinajstić information content (AvgIpc) is 2.81. The van der Waals surface area contributed by atoms with Crippen LogP contribution in [0.2, 0.25) is 0 Å². The zero-order valence-electron chi connectivity index (χ0n) is 17.9. The summed E-state index contributed by atoms with van der Waals surface area (Å²) in [4.78, 5) is 6.60. The zero-order valence-corrected chi connectivity index (χ0v) is 18.7. The summed E-state index contributed by atoms with van der Waals surface area (Å²) in [5, 5.41) is 0.